The Bertz CT molecular complexity index is 966. The molecule has 132 valence electrons. The summed E-state index contributed by atoms with van der Waals surface area (Å²) in [5, 5.41) is 19.3. The van der Waals surface area contributed by atoms with E-state index in [1.54, 1.807) is 4.52 Å². The molecule has 5 nitrogen and oxygen atoms in total. The molecule has 2 aromatic carbocycles. The molecule has 7 heteroatoms. The van der Waals surface area contributed by atoms with Crippen molar-refractivity contribution in [3.8, 4) is 11.3 Å². The van der Waals surface area contributed by atoms with Crippen molar-refractivity contribution in [3.63, 3.8) is 0 Å². The number of aliphatic hydroxyl groups excluding tert-OH is 1. The number of aliphatic hydroxyl groups is 1. The molecule has 0 fully saturated rings. The number of benzene rings is 2. The molecule has 0 aliphatic carbocycles. The third kappa shape index (κ3) is 3.88. The number of rotatable bonds is 6. The fourth-order valence-corrected chi connectivity index (χ4v) is 3.61. The van der Waals surface area contributed by atoms with E-state index in [0.29, 0.717) is 18.0 Å². The van der Waals surface area contributed by atoms with Crippen LogP contribution >= 0.6 is 22.9 Å². The standard InChI is InChI=1S/C19H17ClN4OS/c20-15-8-6-14(7-9-15)17-12-24-19(22-17)26-18(23-24)21-11-16(25)10-13-4-2-1-3-5-13/h1-9,12,16,25H,10-11H2,(H,21,23). The van der Waals surface area contributed by atoms with E-state index in [4.69, 9.17) is 11.6 Å². The quantitative estimate of drug-likeness (QED) is 0.524. The molecular weight excluding hydrogens is 368 g/mol. The monoisotopic (exact) mass is 384 g/mol. The molecule has 1 atom stereocenters. The van der Waals surface area contributed by atoms with Gasteiger partial charge in [0.25, 0.3) is 0 Å². The van der Waals surface area contributed by atoms with Crippen molar-refractivity contribution in [3.05, 3.63) is 71.4 Å². The number of nitrogens with zero attached hydrogens (tertiary/aromatic N) is 3. The van der Waals surface area contributed by atoms with Gasteiger partial charge in [0.05, 0.1) is 18.0 Å². The lowest BCUT2D eigenvalue weighted by atomic mass is 10.1. The Hall–Kier alpha value is -2.41. The maximum Gasteiger partial charge on any atom is 0.214 e. The van der Waals surface area contributed by atoms with E-state index in [-0.39, 0.29) is 0 Å². The Labute approximate surface area is 159 Å². The summed E-state index contributed by atoms with van der Waals surface area (Å²) in [4.78, 5) is 5.40. The van der Waals surface area contributed by atoms with Crippen molar-refractivity contribution in [1.82, 2.24) is 14.6 Å². The van der Waals surface area contributed by atoms with Crippen LogP contribution in [0.15, 0.2) is 60.8 Å². The number of hydrogen-bond donors (Lipinski definition) is 2. The summed E-state index contributed by atoms with van der Waals surface area (Å²) in [5.74, 6) is 0. The molecule has 0 radical (unpaired) electrons. The molecule has 4 rings (SSSR count). The SMILES string of the molecule is OC(CNc1nn2cc(-c3ccc(Cl)cc3)nc2s1)Cc1ccccc1. The Morgan fingerprint density at radius 3 is 2.62 bits per heavy atom. The summed E-state index contributed by atoms with van der Waals surface area (Å²) in [7, 11) is 0. The molecule has 0 aliphatic heterocycles. The molecule has 0 saturated heterocycles. The number of imidazole rings is 1. The minimum atomic E-state index is -0.474. The van der Waals surface area contributed by atoms with E-state index < -0.39 is 6.10 Å². The van der Waals surface area contributed by atoms with Crippen molar-refractivity contribution >= 4 is 33.0 Å². The second-order valence-corrected chi connectivity index (χ2v) is 7.38. The van der Waals surface area contributed by atoms with E-state index in [1.807, 2.05) is 60.8 Å². The van der Waals surface area contributed by atoms with Crippen molar-refractivity contribution in [2.24, 2.45) is 0 Å². The lowest BCUT2D eigenvalue weighted by molar-refractivity contribution is 0.188. The number of nitrogens with one attached hydrogen (secondary N) is 1. The van der Waals surface area contributed by atoms with Gasteiger partial charge in [-0.3, -0.25) is 0 Å². The van der Waals surface area contributed by atoms with Crippen molar-refractivity contribution < 1.29 is 5.11 Å². The molecule has 2 heterocycles. The zero-order valence-electron chi connectivity index (χ0n) is 13.8. The zero-order chi connectivity index (χ0) is 17.9. The summed E-state index contributed by atoms with van der Waals surface area (Å²) < 4.78 is 1.75. The molecule has 0 aliphatic rings. The lowest BCUT2D eigenvalue weighted by Gasteiger charge is -2.10. The van der Waals surface area contributed by atoms with Crippen LogP contribution in [0.2, 0.25) is 5.02 Å². The topological polar surface area (TPSA) is 62.5 Å². The van der Waals surface area contributed by atoms with Crippen LogP contribution in [0.5, 0.6) is 0 Å². The van der Waals surface area contributed by atoms with E-state index in [0.717, 1.165) is 26.9 Å². The number of fused-ring (bicyclic) bond motifs is 1. The van der Waals surface area contributed by atoms with E-state index in [1.165, 1.54) is 11.3 Å². The fraction of sp³-hybridized carbons (Fsp3) is 0.158. The minimum Gasteiger partial charge on any atom is -0.391 e. The summed E-state index contributed by atoms with van der Waals surface area (Å²) in [6.45, 7) is 0.440. The molecule has 2 aromatic heterocycles. The van der Waals surface area contributed by atoms with Crippen LogP contribution in [-0.2, 0) is 6.42 Å². The van der Waals surface area contributed by atoms with Crippen LogP contribution in [0.4, 0.5) is 5.13 Å². The molecule has 0 saturated carbocycles. The second kappa shape index (κ2) is 7.45. The first kappa shape index (κ1) is 17.0. The normalized spacial score (nSPS) is 12.4. The second-order valence-electron chi connectivity index (χ2n) is 5.99. The number of aromatic nitrogens is 3. The first-order valence-corrected chi connectivity index (χ1v) is 9.45. The molecule has 4 aromatic rings. The van der Waals surface area contributed by atoms with Gasteiger partial charge >= 0.3 is 0 Å². The van der Waals surface area contributed by atoms with Crippen LogP contribution in [0, 0.1) is 0 Å². The van der Waals surface area contributed by atoms with Gasteiger partial charge < -0.3 is 10.4 Å². The molecule has 0 spiro atoms. The van der Waals surface area contributed by atoms with Crippen molar-refractivity contribution in [1.29, 1.82) is 0 Å². The predicted molar refractivity (Wildman–Crippen MR) is 106 cm³/mol. The predicted octanol–water partition coefficient (Wildman–Crippen LogP) is 4.13. The number of halogens is 1. The number of anilines is 1. The first-order chi connectivity index (χ1) is 12.7. The average molecular weight is 385 g/mol. The summed E-state index contributed by atoms with van der Waals surface area (Å²) in [5.41, 5.74) is 2.97. The van der Waals surface area contributed by atoms with Crippen LogP contribution in [0.3, 0.4) is 0 Å². The Morgan fingerprint density at radius 1 is 1.12 bits per heavy atom. The largest absolute Gasteiger partial charge is 0.391 e. The van der Waals surface area contributed by atoms with Crippen LogP contribution in [-0.4, -0.2) is 32.4 Å². The van der Waals surface area contributed by atoms with Gasteiger partial charge in [-0.15, -0.1) is 5.10 Å². The summed E-state index contributed by atoms with van der Waals surface area (Å²) in [6.07, 6.45) is 2.02. The van der Waals surface area contributed by atoms with Crippen LogP contribution in [0.25, 0.3) is 16.2 Å². The van der Waals surface area contributed by atoms with Crippen LogP contribution in [0.1, 0.15) is 5.56 Å². The van der Waals surface area contributed by atoms with E-state index >= 15 is 0 Å². The molecule has 0 bridgehead atoms. The molecule has 26 heavy (non-hydrogen) atoms. The fourth-order valence-electron chi connectivity index (χ4n) is 2.69. The van der Waals surface area contributed by atoms with Crippen molar-refractivity contribution in [2.45, 2.75) is 12.5 Å². The third-order valence-corrected chi connectivity index (χ3v) is 5.12. The Kier molecular flexibility index (Phi) is 4.88. The van der Waals surface area contributed by atoms with Gasteiger partial charge in [0.2, 0.25) is 10.1 Å². The van der Waals surface area contributed by atoms with Crippen LogP contribution < -0.4 is 5.32 Å². The van der Waals surface area contributed by atoms with E-state index in [2.05, 4.69) is 15.4 Å². The molecule has 2 N–H and O–H groups in total. The summed E-state index contributed by atoms with van der Waals surface area (Å²) in [6, 6.07) is 17.5. The zero-order valence-corrected chi connectivity index (χ0v) is 15.4. The van der Waals surface area contributed by atoms with Gasteiger partial charge in [-0.1, -0.05) is 65.4 Å². The highest BCUT2D eigenvalue weighted by atomic mass is 35.5. The van der Waals surface area contributed by atoms with Gasteiger partial charge in [-0.25, -0.2) is 9.50 Å². The highest BCUT2D eigenvalue weighted by Gasteiger charge is 2.11. The maximum absolute atomic E-state index is 10.2. The first-order valence-electron chi connectivity index (χ1n) is 8.25. The highest BCUT2D eigenvalue weighted by molar-refractivity contribution is 7.20. The molecule has 0 amide bonds. The van der Waals surface area contributed by atoms with E-state index in [9.17, 15) is 5.11 Å². The molecular formula is C19H17ClN4OS. The highest BCUT2D eigenvalue weighted by Crippen LogP contribution is 2.25. The van der Waals surface area contributed by atoms with Gasteiger partial charge in [-0.05, 0) is 17.7 Å². The summed E-state index contributed by atoms with van der Waals surface area (Å²) >= 11 is 7.38. The Balaban J connectivity index is 1.40. The smallest absolute Gasteiger partial charge is 0.214 e. The van der Waals surface area contributed by atoms with Gasteiger partial charge in [0, 0.05) is 23.6 Å². The lowest BCUT2D eigenvalue weighted by Crippen LogP contribution is -2.21. The average Bonchev–Trinajstić information content (AvgIpc) is 3.20. The minimum absolute atomic E-state index is 0.440. The maximum atomic E-state index is 10.2. The Morgan fingerprint density at radius 2 is 1.88 bits per heavy atom. The van der Waals surface area contributed by atoms with Gasteiger partial charge in [0.1, 0.15) is 0 Å². The van der Waals surface area contributed by atoms with Gasteiger partial charge in [0.15, 0.2) is 0 Å². The number of hydrogen-bond acceptors (Lipinski definition) is 5. The van der Waals surface area contributed by atoms with Crippen molar-refractivity contribution in [2.75, 3.05) is 11.9 Å². The third-order valence-electron chi connectivity index (χ3n) is 3.99. The molecule has 1 unspecified atom stereocenters. The van der Waals surface area contributed by atoms with Gasteiger partial charge in [-0.2, -0.15) is 0 Å².